The highest BCUT2D eigenvalue weighted by Gasteiger charge is 2.32. The molecule has 1 saturated carbocycles. The number of rotatable bonds is 1. The summed E-state index contributed by atoms with van der Waals surface area (Å²) < 4.78 is 0. The van der Waals surface area contributed by atoms with Crippen molar-refractivity contribution < 1.29 is 4.79 Å². The third kappa shape index (κ3) is 1.44. The largest absolute Gasteiger partial charge is 0.338 e. The molecule has 4 nitrogen and oxygen atoms in total. The van der Waals surface area contributed by atoms with E-state index < -0.39 is 0 Å². The standard InChI is InChI=1S/C12H17N3O/c1-8-10-7-15(6-5-11(10)14-13-8)12(16)9-3-2-4-9/h9H,2-7H2,1H3,(H,13,14). The van der Waals surface area contributed by atoms with Gasteiger partial charge >= 0.3 is 0 Å². The Hall–Kier alpha value is -1.32. The molecule has 1 aliphatic carbocycles. The molecule has 86 valence electrons. The van der Waals surface area contributed by atoms with Crippen molar-refractivity contribution in [3.8, 4) is 0 Å². The fraction of sp³-hybridized carbons (Fsp3) is 0.667. The van der Waals surface area contributed by atoms with Crippen molar-refractivity contribution in [2.75, 3.05) is 6.54 Å². The van der Waals surface area contributed by atoms with Gasteiger partial charge in [-0.15, -0.1) is 0 Å². The number of aryl methyl sites for hydroxylation is 1. The smallest absolute Gasteiger partial charge is 0.225 e. The van der Waals surface area contributed by atoms with Crippen molar-refractivity contribution >= 4 is 5.91 Å². The Morgan fingerprint density at radius 1 is 1.50 bits per heavy atom. The Labute approximate surface area is 95.0 Å². The lowest BCUT2D eigenvalue weighted by Gasteiger charge is -2.33. The van der Waals surface area contributed by atoms with Crippen LogP contribution in [-0.4, -0.2) is 27.5 Å². The Morgan fingerprint density at radius 3 is 3.00 bits per heavy atom. The number of hydrogen-bond acceptors (Lipinski definition) is 2. The van der Waals surface area contributed by atoms with Gasteiger partial charge in [0.25, 0.3) is 0 Å². The number of amides is 1. The van der Waals surface area contributed by atoms with Gasteiger partial charge in [0, 0.05) is 36.7 Å². The summed E-state index contributed by atoms with van der Waals surface area (Å²) in [6, 6.07) is 0. The van der Waals surface area contributed by atoms with Crippen molar-refractivity contribution in [2.24, 2.45) is 5.92 Å². The molecule has 0 unspecified atom stereocenters. The van der Waals surface area contributed by atoms with Crippen LogP contribution in [0.4, 0.5) is 0 Å². The van der Waals surface area contributed by atoms with Crippen LogP contribution >= 0.6 is 0 Å². The van der Waals surface area contributed by atoms with Gasteiger partial charge in [0.1, 0.15) is 0 Å². The van der Waals surface area contributed by atoms with E-state index in [9.17, 15) is 4.79 Å². The van der Waals surface area contributed by atoms with Gasteiger partial charge < -0.3 is 4.90 Å². The van der Waals surface area contributed by atoms with E-state index in [-0.39, 0.29) is 0 Å². The van der Waals surface area contributed by atoms with Gasteiger partial charge in [-0.2, -0.15) is 5.10 Å². The molecule has 0 saturated heterocycles. The molecule has 4 heteroatoms. The third-order valence-corrected chi connectivity index (χ3v) is 3.89. The molecule has 1 aromatic rings. The molecule has 0 aromatic carbocycles. The summed E-state index contributed by atoms with van der Waals surface area (Å²) in [6.07, 6.45) is 4.30. The summed E-state index contributed by atoms with van der Waals surface area (Å²) in [7, 11) is 0. The molecule has 1 fully saturated rings. The molecule has 1 aliphatic heterocycles. The fourth-order valence-electron chi connectivity index (χ4n) is 2.53. The van der Waals surface area contributed by atoms with Gasteiger partial charge in [-0.05, 0) is 19.8 Å². The van der Waals surface area contributed by atoms with E-state index in [1.165, 1.54) is 12.0 Å². The monoisotopic (exact) mass is 219 g/mol. The van der Waals surface area contributed by atoms with Crippen LogP contribution in [0, 0.1) is 12.8 Å². The van der Waals surface area contributed by atoms with Crippen molar-refractivity contribution in [3.63, 3.8) is 0 Å². The summed E-state index contributed by atoms with van der Waals surface area (Å²) in [5, 5.41) is 7.27. The molecule has 16 heavy (non-hydrogen) atoms. The zero-order valence-electron chi connectivity index (χ0n) is 9.62. The van der Waals surface area contributed by atoms with Crippen LogP contribution in [0.3, 0.4) is 0 Å². The maximum atomic E-state index is 12.1. The molecule has 3 rings (SSSR count). The Morgan fingerprint density at radius 2 is 2.31 bits per heavy atom. The molecular formula is C12H17N3O. The number of aromatic amines is 1. The predicted octanol–water partition coefficient (Wildman–Crippen LogP) is 1.40. The molecule has 0 spiro atoms. The van der Waals surface area contributed by atoms with Crippen molar-refractivity contribution in [1.29, 1.82) is 0 Å². The number of carbonyl (C=O) groups is 1. The highest BCUT2D eigenvalue weighted by Crippen LogP contribution is 2.30. The summed E-state index contributed by atoms with van der Waals surface area (Å²) in [6.45, 7) is 3.63. The first kappa shape index (κ1) is 9.87. The number of H-pyrrole nitrogens is 1. The second-order valence-corrected chi connectivity index (χ2v) is 4.91. The Bertz CT molecular complexity index is 420. The molecule has 0 atom stereocenters. The first-order chi connectivity index (χ1) is 7.75. The number of aromatic nitrogens is 2. The van der Waals surface area contributed by atoms with Gasteiger partial charge in [0.05, 0.1) is 5.69 Å². The van der Waals surface area contributed by atoms with Crippen LogP contribution in [0.5, 0.6) is 0 Å². The van der Waals surface area contributed by atoms with Crippen molar-refractivity contribution in [2.45, 2.75) is 39.2 Å². The van der Waals surface area contributed by atoms with E-state index in [1.807, 2.05) is 11.8 Å². The number of carbonyl (C=O) groups excluding carboxylic acids is 1. The minimum atomic E-state index is 0.314. The molecular weight excluding hydrogens is 202 g/mol. The third-order valence-electron chi connectivity index (χ3n) is 3.89. The lowest BCUT2D eigenvalue weighted by molar-refractivity contribution is -0.139. The number of fused-ring (bicyclic) bond motifs is 1. The molecule has 1 amide bonds. The zero-order valence-corrected chi connectivity index (χ0v) is 9.62. The van der Waals surface area contributed by atoms with E-state index in [2.05, 4.69) is 10.2 Å². The summed E-state index contributed by atoms with van der Waals surface area (Å²) in [4.78, 5) is 14.1. The Kier molecular flexibility index (Phi) is 2.23. The maximum Gasteiger partial charge on any atom is 0.225 e. The molecule has 0 radical (unpaired) electrons. The first-order valence-corrected chi connectivity index (χ1v) is 6.07. The van der Waals surface area contributed by atoms with Crippen LogP contribution in [0.15, 0.2) is 0 Å². The topological polar surface area (TPSA) is 49.0 Å². The van der Waals surface area contributed by atoms with E-state index in [4.69, 9.17) is 0 Å². The van der Waals surface area contributed by atoms with E-state index in [0.29, 0.717) is 11.8 Å². The van der Waals surface area contributed by atoms with Crippen LogP contribution in [0.25, 0.3) is 0 Å². The zero-order chi connectivity index (χ0) is 11.1. The molecule has 2 aliphatic rings. The molecule has 0 bridgehead atoms. The average molecular weight is 219 g/mol. The lowest BCUT2D eigenvalue weighted by atomic mass is 9.84. The maximum absolute atomic E-state index is 12.1. The number of nitrogens with zero attached hydrogens (tertiary/aromatic N) is 2. The van der Waals surface area contributed by atoms with Crippen molar-refractivity contribution in [1.82, 2.24) is 15.1 Å². The van der Waals surface area contributed by atoms with E-state index >= 15 is 0 Å². The van der Waals surface area contributed by atoms with E-state index in [0.717, 1.165) is 43.7 Å². The molecule has 1 aromatic heterocycles. The quantitative estimate of drug-likeness (QED) is 0.776. The predicted molar refractivity (Wildman–Crippen MR) is 59.8 cm³/mol. The first-order valence-electron chi connectivity index (χ1n) is 6.07. The van der Waals surface area contributed by atoms with Crippen molar-refractivity contribution in [3.05, 3.63) is 17.0 Å². The minimum absolute atomic E-state index is 0.314. The summed E-state index contributed by atoms with van der Waals surface area (Å²) in [5.74, 6) is 0.672. The highest BCUT2D eigenvalue weighted by molar-refractivity contribution is 5.79. The minimum Gasteiger partial charge on any atom is -0.338 e. The summed E-state index contributed by atoms with van der Waals surface area (Å²) >= 11 is 0. The average Bonchev–Trinajstić information content (AvgIpc) is 2.57. The second-order valence-electron chi connectivity index (χ2n) is 4.91. The lowest BCUT2D eigenvalue weighted by Crippen LogP contribution is -2.41. The fourth-order valence-corrected chi connectivity index (χ4v) is 2.53. The summed E-state index contributed by atoms with van der Waals surface area (Å²) in [5.41, 5.74) is 3.50. The number of hydrogen-bond donors (Lipinski definition) is 1. The normalized spacial score (nSPS) is 20.4. The van der Waals surface area contributed by atoms with Gasteiger partial charge in [0.2, 0.25) is 5.91 Å². The van der Waals surface area contributed by atoms with Crippen LogP contribution in [0.1, 0.15) is 36.2 Å². The highest BCUT2D eigenvalue weighted by atomic mass is 16.2. The number of nitrogens with one attached hydrogen (secondary N) is 1. The van der Waals surface area contributed by atoms with Gasteiger partial charge in [-0.3, -0.25) is 9.89 Å². The Balaban J connectivity index is 1.76. The SMILES string of the molecule is Cc1[nH]nc2c1CN(C(=O)C1CCC1)CC2. The second kappa shape index (κ2) is 3.61. The van der Waals surface area contributed by atoms with Crippen LogP contribution < -0.4 is 0 Å². The molecule has 2 heterocycles. The van der Waals surface area contributed by atoms with Gasteiger partial charge in [0.15, 0.2) is 0 Å². The van der Waals surface area contributed by atoms with Gasteiger partial charge in [-0.1, -0.05) is 6.42 Å². The van der Waals surface area contributed by atoms with Gasteiger partial charge in [-0.25, -0.2) is 0 Å². The van der Waals surface area contributed by atoms with E-state index in [1.54, 1.807) is 0 Å². The van der Waals surface area contributed by atoms with Crippen LogP contribution in [0.2, 0.25) is 0 Å². The molecule has 1 N–H and O–H groups in total. The van der Waals surface area contributed by atoms with Crippen LogP contribution in [-0.2, 0) is 17.8 Å².